The lowest BCUT2D eigenvalue weighted by molar-refractivity contribution is -0.146. The second-order valence-electron chi connectivity index (χ2n) is 8.92. The standard InChI is InChI=1S/C27H40N6O7/c1-5-39-20(34)15-14-19(25(36)40-6-2)31-24(35)17-12-10-16(11-13-17)8-7-9-18(26(37-3)38-4)21-22(28)32-27(30)33-23(21)29/h10-13,18-19,26H,5-9,14-15H2,1-4H3,(H,31,35)(H6,28,29,30,32,33)/t18?,19-/m0/s1. The molecule has 0 saturated heterocycles. The van der Waals surface area contributed by atoms with Crippen LogP contribution in [0.2, 0.25) is 0 Å². The number of benzene rings is 1. The van der Waals surface area contributed by atoms with E-state index in [1.54, 1.807) is 26.0 Å². The summed E-state index contributed by atoms with van der Waals surface area (Å²) in [5, 5.41) is 2.66. The van der Waals surface area contributed by atoms with E-state index in [1.165, 1.54) is 14.2 Å². The number of hydrogen-bond donors (Lipinski definition) is 4. The van der Waals surface area contributed by atoms with E-state index >= 15 is 0 Å². The molecule has 1 heterocycles. The van der Waals surface area contributed by atoms with Gasteiger partial charge in [0.2, 0.25) is 5.95 Å². The fourth-order valence-corrected chi connectivity index (χ4v) is 4.32. The van der Waals surface area contributed by atoms with Gasteiger partial charge in [-0.15, -0.1) is 0 Å². The van der Waals surface area contributed by atoms with Crippen LogP contribution < -0.4 is 22.5 Å². The summed E-state index contributed by atoms with van der Waals surface area (Å²) in [5.74, 6) is -1.51. The number of carbonyl (C=O) groups is 3. The average Bonchev–Trinajstić information content (AvgIpc) is 2.91. The Morgan fingerprint density at radius 2 is 1.50 bits per heavy atom. The van der Waals surface area contributed by atoms with Gasteiger partial charge in [-0.1, -0.05) is 12.1 Å². The first-order valence-corrected chi connectivity index (χ1v) is 13.1. The number of ether oxygens (including phenoxy) is 4. The van der Waals surface area contributed by atoms with Gasteiger partial charge in [0.05, 0.1) is 13.2 Å². The number of hydrogen-bond acceptors (Lipinski definition) is 12. The molecule has 1 unspecified atom stereocenters. The fraction of sp³-hybridized carbons (Fsp3) is 0.519. The van der Waals surface area contributed by atoms with Gasteiger partial charge in [0.15, 0.2) is 6.29 Å². The molecule has 1 amide bonds. The van der Waals surface area contributed by atoms with Crippen LogP contribution in [0.1, 0.15) is 66.9 Å². The first-order valence-electron chi connectivity index (χ1n) is 13.1. The lowest BCUT2D eigenvalue weighted by Crippen LogP contribution is -2.42. The van der Waals surface area contributed by atoms with Crippen LogP contribution in [0.5, 0.6) is 0 Å². The molecular formula is C27H40N6O7. The Morgan fingerprint density at radius 3 is 2.05 bits per heavy atom. The summed E-state index contributed by atoms with van der Waals surface area (Å²) in [6.07, 6.45) is 1.41. The highest BCUT2D eigenvalue weighted by atomic mass is 16.7. The van der Waals surface area contributed by atoms with Crippen LogP contribution >= 0.6 is 0 Å². The van der Waals surface area contributed by atoms with Crippen LogP contribution in [0.4, 0.5) is 17.6 Å². The molecule has 0 aliphatic carbocycles. The molecule has 0 saturated carbocycles. The molecule has 0 spiro atoms. The van der Waals surface area contributed by atoms with Gasteiger partial charge in [0.1, 0.15) is 17.7 Å². The molecule has 0 aliphatic heterocycles. The lowest BCUT2D eigenvalue weighted by Gasteiger charge is -2.26. The number of anilines is 3. The molecule has 2 atom stereocenters. The molecule has 2 aromatic rings. The third kappa shape index (κ3) is 9.35. The van der Waals surface area contributed by atoms with E-state index < -0.39 is 30.2 Å². The predicted octanol–water partition coefficient (Wildman–Crippen LogP) is 1.95. The van der Waals surface area contributed by atoms with Crippen LogP contribution in [-0.2, 0) is 35.0 Å². The molecule has 220 valence electrons. The number of nitrogen functional groups attached to an aromatic ring is 3. The number of carbonyl (C=O) groups excluding carboxylic acids is 3. The predicted molar refractivity (Wildman–Crippen MR) is 149 cm³/mol. The first-order chi connectivity index (χ1) is 19.1. The van der Waals surface area contributed by atoms with Crippen molar-refractivity contribution in [3.63, 3.8) is 0 Å². The third-order valence-electron chi connectivity index (χ3n) is 6.20. The Balaban J connectivity index is 2.05. The zero-order chi connectivity index (χ0) is 29.7. The number of aromatic nitrogens is 2. The van der Waals surface area contributed by atoms with Gasteiger partial charge in [0, 0.05) is 37.7 Å². The van der Waals surface area contributed by atoms with Gasteiger partial charge in [-0.2, -0.15) is 9.97 Å². The van der Waals surface area contributed by atoms with Gasteiger partial charge in [-0.05, 0) is 57.2 Å². The molecule has 0 radical (unpaired) electrons. The summed E-state index contributed by atoms with van der Waals surface area (Å²) in [6.45, 7) is 3.75. The van der Waals surface area contributed by atoms with Gasteiger partial charge in [-0.3, -0.25) is 9.59 Å². The van der Waals surface area contributed by atoms with E-state index in [-0.39, 0.29) is 49.6 Å². The van der Waals surface area contributed by atoms with E-state index in [4.69, 9.17) is 36.1 Å². The highest BCUT2D eigenvalue weighted by Gasteiger charge is 2.28. The number of nitrogens with zero attached hydrogens (tertiary/aromatic N) is 2. The summed E-state index contributed by atoms with van der Waals surface area (Å²) in [5.41, 5.74) is 19.7. The maximum atomic E-state index is 12.8. The van der Waals surface area contributed by atoms with Crippen molar-refractivity contribution in [3.8, 4) is 0 Å². The van der Waals surface area contributed by atoms with Crippen molar-refractivity contribution in [2.24, 2.45) is 0 Å². The lowest BCUT2D eigenvalue weighted by atomic mass is 9.92. The largest absolute Gasteiger partial charge is 0.466 e. The summed E-state index contributed by atoms with van der Waals surface area (Å²) >= 11 is 0. The van der Waals surface area contributed by atoms with Crippen molar-refractivity contribution >= 4 is 35.4 Å². The molecule has 7 N–H and O–H groups in total. The van der Waals surface area contributed by atoms with Crippen molar-refractivity contribution < 1.29 is 33.3 Å². The molecule has 0 bridgehead atoms. The second kappa shape index (κ2) is 16.2. The molecule has 40 heavy (non-hydrogen) atoms. The van der Waals surface area contributed by atoms with Crippen LogP contribution in [0.25, 0.3) is 0 Å². The molecule has 0 aliphatic rings. The second-order valence-corrected chi connectivity index (χ2v) is 8.92. The van der Waals surface area contributed by atoms with Gasteiger partial charge in [-0.25, -0.2) is 4.79 Å². The van der Waals surface area contributed by atoms with E-state index in [0.29, 0.717) is 30.4 Å². The Bertz CT molecular complexity index is 1100. The van der Waals surface area contributed by atoms with Gasteiger partial charge in [0.25, 0.3) is 5.91 Å². The monoisotopic (exact) mass is 560 g/mol. The van der Waals surface area contributed by atoms with Crippen LogP contribution in [0, 0.1) is 0 Å². The minimum Gasteiger partial charge on any atom is -0.466 e. The van der Waals surface area contributed by atoms with E-state index in [1.807, 2.05) is 12.1 Å². The number of nitrogens with one attached hydrogen (secondary N) is 1. The third-order valence-corrected chi connectivity index (χ3v) is 6.20. The Hall–Kier alpha value is -3.97. The smallest absolute Gasteiger partial charge is 0.328 e. The number of esters is 2. The SMILES string of the molecule is CCOC(=O)CC[C@H](NC(=O)c1ccc(CCCC(c2c(N)nc(N)nc2N)C(OC)OC)cc1)C(=O)OCC. The number of methoxy groups -OCH3 is 2. The molecule has 1 aromatic carbocycles. The topological polar surface area (TPSA) is 204 Å². The number of rotatable bonds is 16. The van der Waals surface area contributed by atoms with E-state index in [0.717, 1.165) is 5.56 Å². The number of amides is 1. The summed E-state index contributed by atoms with van der Waals surface area (Å²) in [6, 6.07) is 6.04. The maximum absolute atomic E-state index is 12.8. The minimum atomic E-state index is -0.972. The summed E-state index contributed by atoms with van der Waals surface area (Å²) in [4.78, 5) is 44.9. The molecule has 2 rings (SSSR count). The summed E-state index contributed by atoms with van der Waals surface area (Å²) < 4.78 is 20.9. The zero-order valence-corrected chi connectivity index (χ0v) is 23.5. The summed E-state index contributed by atoms with van der Waals surface area (Å²) in [7, 11) is 3.05. The normalized spacial score (nSPS) is 12.5. The molecule has 13 heteroatoms. The van der Waals surface area contributed by atoms with Crippen molar-refractivity contribution in [2.45, 2.75) is 64.2 Å². The van der Waals surface area contributed by atoms with Crippen LogP contribution in [0.15, 0.2) is 24.3 Å². The highest BCUT2D eigenvalue weighted by Crippen LogP contribution is 2.34. The van der Waals surface area contributed by atoms with Crippen molar-refractivity contribution in [3.05, 3.63) is 41.0 Å². The quantitative estimate of drug-likeness (QED) is 0.172. The van der Waals surface area contributed by atoms with Crippen LogP contribution in [0.3, 0.4) is 0 Å². The van der Waals surface area contributed by atoms with Crippen molar-refractivity contribution in [1.29, 1.82) is 0 Å². The van der Waals surface area contributed by atoms with Gasteiger partial charge >= 0.3 is 11.9 Å². The average molecular weight is 561 g/mol. The molecule has 1 aromatic heterocycles. The van der Waals surface area contributed by atoms with Crippen molar-refractivity contribution in [1.82, 2.24) is 15.3 Å². The molecular weight excluding hydrogens is 520 g/mol. The van der Waals surface area contributed by atoms with Crippen LogP contribution in [-0.4, -0.2) is 67.6 Å². The van der Waals surface area contributed by atoms with Gasteiger partial charge < -0.3 is 41.5 Å². The number of aryl methyl sites for hydroxylation is 1. The number of nitrogens with two attached hydrogens (primary N) is 3. The van der Waals surface area contributed by atoms with E-state index in [2.05, 4.69) is 15.3 Å². The fourth-order valence-electron chi connectivity index (χ4n) is 4.32. The molecule has 13 nitrogen and oxygen atoms in total. The van der Waals surface area contributed by atoms with E-state index in [9.17, 15) is 14.4 Å². The maximum Gasteiger partial charge on any atom is 0.328 e. The zero-order valence-electron chi connectivity index (χ0n) is 23.5. The Kier molecular flexibility index (Phi) is 13.1. The first kappa shape index (κ1) is 32.2. The Morgan fingerprint density at radius 1 is 0.900 bits per heavy atom. The minimum absolute atomic E-state index is 0.0133. The molecule has 0 fully saturated rings. The Labute approximate surface area is 234 Å². The highest BCUT2D eigenvalue weighted by molar-refractivity contribution is 5.96. The van der Waals surface area contributed by atoms with Crippen molar-refractivity contribution in [2.75, 3.05) is 44.6 Å².